The number of para-hydroxylation sites is 1. The Balaban J connectivity index is 1.74. The third-order valence-corrected chi connectivity index (χ3v) is 4.97. The molecule has 0 amide bonds. The van der Waals surface area contributed by atoms with E-state index in [4.69, 9.17) is 33.2 Å². The molecule has 0 radical (unpaired) electrons. The molecular formula is C21H15Cl2N3. The van der Waals surface area contributed by atoms with Crippen LogP contribution in [-0.2, 0) is 6.54 Å². The van der Waals surface area contributed by atoms with E-state index in [-0.39, 0.29) is 0 Å². The van der Waals surface area contributed by atoms with E-state index >= 15 is 0 Å². The minimum atomic E-state index is 0.522. The molecule has 128 valence electrons. The number of fused-ring (bicyclic) bond motifs is 1. The van der Waals surface area contributed by atoms with Crippen molar-refractivity contribution < 1.29 is 0 Å². The summed E-state index contributed by atoms with van der Waals surface area (Å²) >= 11 is 12.4. The van der Waals surface area contributed by atoms with Crippen LogP contribution in [0.1, 0.15) is 5.56 Å². The molecule has 4 aromatic rings. The van der Waals surface area contributed by atoms with Crippen LogP contribution in [0.15, 0.2) is 72.8 Å². The molecular weight excluding hydrogens is 365 g/mol. The van der Waals surface area contributed by atoms with Crippen LogP contribution in [-0.4, -0.2) is 9.97 Å². The number of benzene rings is 3. The molecule has 0 unspecified atom stereocenters. The third-order valence-electron chi connectivity index (χ3n) is 4.11. The second-order valence-electron chi connectivity index (χ2n) is 5.85. The molecule has 0 fully saturated rings. The zero-order chi connectivity index (χ0) is 17.9. The van der Waals surface area contributed by atoms with E-state index in [0.717, 1.165) is 27.8 Å². The number of halogens is 2. The van der Waals surface area contributed by atoms with E-state index in [0.29, 0.717) is 22.4 Å². The first kappa shape index (κ1) is 16.8. The van der Waals surface area contributed by atoms with Crippen molar-refractivity contribution in [3.63, 3.8) is 0 Å². The molecule has 0 aliphatic carbocycles. The Morgan fingerprint density at radius 2 is 1.54 bits per heavy atom. The summed E-state index contributed by atoms with van der Waals surface area (Å²) in [6, 6.07) is 23.5. The number of nitrogens with zero attached hydrogens (tertiary/aromatic N) is 2. The Labute approximate surface area is 161 Å². The molecule has 0 saturated carbocycles. The van der Waals surface area contributed by atoms with Crippen LogP contribution >= 0.6 is 23.2 Å². The molecule has 0 aliphatic rings. The zero-order valence-corrected chi connectivity index (χ0v) is 15.3. The molecule has 0 saturated heterocycles. The largest absolute Gasteiger partial charge is 0.365 e. The summed E-state index contributed by atoms with van der Waals surface area (Å²) < 4.78 is 0. The quantitative estimate of drug-likeness (QED) is 0.457. The fourth-order valence-electron chi connectivity index (χ4n) is 2.79. The van der Waals surface area contributed by atoms with Crippen LogP contribution in [0, 0.1) is 0 Å². The van der Waals surface area contributed by atoms with Gasteiger partial charge in [-0.2, -0.15) is 0 Å². The van der Waals surface area contributed by atoms with E-state index in [9.17, 15) is 0 Å². The molecule has 0 aliphatic heterocycles. The van der Waals surface area contributed by atoms with E-state index in [1.54, 1.807) is 6.07 Å². The van der Waals surface area contributed by atoms with Crippen molar-refractivity contribution in [3.8, 4) is 11.4 Å². The minimum Gasteiger partial charge on any atom is -0.365 e. The van der Waals surface area contributed by atoms with Gasteiger partial charge < -0.3 is 5.32 Å². The SMILES string of the molecule is Clc1cccc(CNc2nc(-c3ccccc3)nc3ccccc23)c1Cl. The summed E-state index contributed by atoms with van der Waals surface area (Å²) in [6.07, 6.45) is 0. The van der Waals surface area contributed by atoms with Gasteiger partial charge in [0.05, 0.1) is 15.6 Å². The summed E-state index contributed by atoms with van der Waals surface area (Å²) in [5.41, 5.74) is 2.78. The highest BCUT2D eigenvalue weighted by Gasteiger charge is 2.10. The average Bonchev–Trinajstić information content (AvgIpc) is 2.69. The predicted molar refractivity (Wildman–Crippen MR) is 109 cm³/mol. The number of rotatable bonds is 4. The maximum absolute atomic E-state index is 6.30. The van der Waals surface area contributed by atoms with E-state index in [1.165, 1.54) is 0 Å². The van der Waals surface area contributed by atoms with Gasteiger partial charge in [-0.3, -0.25) is 0 Å². The van der Waals surface area contributed by atoms with Gasteiger partial charge in [0, 0.05) is 17.5 Å². The first-order chi connectivity index (χ1) is 12.7. The smallest absolute Gasteiger partial charge is 0.162 e. The topological polar surface area (TPSA) is 37.8 Å². The molecule has 1 heterocycles. The Hall–Kier alpha value is -2.62. The van der Waals surface area contributed by atoms with Crippen LogP contribution in [0.3, 0.4) is 0 Å². The lowest BCUT2D eigenvalue weighted by Gasteiger charge is -2.12. The Morgan fingerprint density at radius 3 is 2.38 bits per heavy atom. The summed E-state index contributed by atoms with van der Waals surface area (Å²) in [5.74, 6) is 1.45. The highest BCUT2D eigenvalue weighted by atomic mass is 35.5. The third kappa shape index (κ3) is 3.36. The van der Waals surface area contributed by atoms with Gasteiger partial charge in [0.2, 0.25) is 0 Å². The lowest BCUT2D eigenvalue weighted by atomic mass is 10.1. The van der Waals surface area contributed by atoms with Gasteiger partial charge in [-0.15, -0.1) is 0 Å². The van der Waals surface area contributed by atoms with Crippen molar-refractivity contribution in [2.45, 2.75) is 6.54 Å². The zero-order valence-electron chi connectivity index (χ0n) is 13.8. The monoisotopic (exact) mass is 379 g/mol. The summed E-state index contributed by atoms with van der Waals surface area (Å²) in [6.45, 7) is 0.522. The molecule has 3 nitrogen and oxygen atoms in total. The van der Waals surface area contributed by atoms with Crippen LogP contribution in [0.25, 0.3) is 22.3 Å². The Morgan fingerprint density at radius 1 is 0.769 bits per heavy atom. The maximum Gasteiger partial charge on any atom is 0.162 e. The van der Waals surface area contributed by atoms with Crippen molar-refractivity contribution in [2.75, 3.05) is 5.32 Å². The van der Waals surface area contributed by atoms with E-state index < -0.39 is 0 Å². The highest BCUT2D eigenvalue weighted by Crippen LogP contribution is 2.28. The number of aromatic nitrogens is 2. The van der Waals surface area contributed by atoms with Gasteiger partial charge in [-0.05, 0) is 23.8 Å². The molecule has 5 heteroatoms. The summed E-state index contributed by atoms with van der Waals surface area (Å²) in [7, 11) is 0. The lowest BCUT2D eigenvalue weighted by Crippen LogP contribution is -2.05. The number of nitrogens with one attached hydrogen (secondary N) is 1. The van der Waals surface area contributed by atoms with Crippen molar-refractivity contribution in [1.29, 1.82) is 0 Å². The van der Waals surface area contributed by atoms with E-state index in [1.807, 2.05) is 66.7 Å². The van der Waals surface area contributed by atoms with Crippen molar-refractivity contribution in [2.24, 2.45) is 0 Å². The fraction of sp³-hybridized carbons (Fsp3) is 0.0476. The van der Waals surface area contributed by atoms with Crippen LogP contribution < -0.4 is 5.32 Å². The van der Waals surface area contributed by atoms with E-state index in [2.05, 4.69) is 5.32 Å². The second kappa shape index (κ2) is 7.32. The van der Waals surface area contributed by atoms with Gasteiger partial charge in [-0.25, -0.2) is 9.97 Å². The van der Waals surface area contributed by atoms with Gasteiger partial charge in [0.15, 0.2) is 5.82 Å². The van der Waals surface area contributed by atoms with Gasteiger partial charge in [-0.1, -0.05) is 77.8 Å². The molecule has 4 rings (SSSR count). The highest BCUT2D eigenvalue weighted by molar-refractivity contribution is 6.42. The first-order valence-corrected chi connectivity index (χ1v) is 8.97. The normalized spacial score (nSPS) is 10.8. The van der Waals surface area contributed by atoms with Gasteiger partial charge >= 0.3 is 0 Å². The van der Waals surface area contributed by atoms with Gasteiger partial charge in [0.1, 0.15) is 5.82 Å². The number of hydrogen-bond acceptors (Lipinski definition) is 3. The van der Waals surface area contributed by atoms with Crippen LogP contribution in [0.2, 0.25) is 10.0 Å². The fourth-order valence-corrected chi connectivity index (χ4v) is 3.18. The predicted octanol–water partition coefficient (Wildman–Crippen LogP) is 6.22. The average molecular weight is 380 g/mol. The molecule has 0 atom stereocenters. The summed E-state index contributed by atoms with van der Waals surface area (Å²) in [4.78, 5) is 9.43. The molecule has 1 aromatic heterocycles. The van der Waals surface area contributed by atoms with Crippen molar-refractivity contribution in [1.82, 2.24) is 9.97 Å². The Kier molecular flexibility index (Phi) is 4.74. The van der Waals surface area contributed by atoms with Gasteiger partial charge in [0.25, 0.3) is 0 Å². The maximum atomic E-state index is 6.30. The van der Waals surface area contributed by atoms with Crippen LogP contribution in [0.4, 0.5) is 5.82 Å². The number of hydrogen-bond donors (Lipinski definition) is 1. The molecule has 0 bridgehead atoms. The number of anilines is 1. The second-order valence-corrected chi connectivity index (χ2v) is 6.63. The Bertz CT molecular complexity index is 1070. The molecule has 0 spiro atoms. The molecule has 3 aromatic carbocycles. The van der Waals surface area contributed by atoms with Crippen molar-refractivity contribution in [3.05, 3.63) is 88.4 Å². The lowest BCUT2D eigenvalue weighted by molar-refractivity contribution is 1.11. The first-order valence-electron chi connectivity index (χ1n) is 8.21. The standard InChI is InChI=1S/C21H15Cl2N3/c22-17-11-6-9-15(19(17)23)13-24-21-16-10-4-5-12-18(16)25-20(26-21)14-7-2-1-3-8-14/h1-12H,13H2,(H,24,25,26). The molecule has 1 N–H and O–H groups in total. The van der Waals surface area contributed by atoms with Crippen molar-refractivity contribution >= 4 is 39.9 Å². The minimum absolute atomic E-state index is 0.522. The summed E-state index contributed by atoms with van der Waals surface area (Å²) in [5, 5.41) is 5.45. The molecule has 26 heavy (non-hydrogen) atoms. The van der Waals surface area contributed by atoms with Crippen LogP contribution in [0.5, 0.6) is 0 Å².